The molecule has 0 radical (unpaired) electrons. The van der Waals surface area contributed by atoms with E-state index in [1.54, 1.807) is 12.2 Å². The molecule has 2 rings (SSSR count). The Hall–Kier alpha value is -1.99. The summed E-state index contributed by atoms with van der Waals surface area (Å²) in [4.78, 5) is -0.470. The van der Waals surface area contributed by atoms with Crippen LogP contribution in [0.3, 0.4) is 0 Å². The molecule has 1 aromatic rings. The van der Waals surface area contributed by atoms with E-state index in [2.05, 4.69) is 10.2 Å². The van der Waals surface area contributed by atoms with Crippen molar-refractivity contribution >= 4 is 28.0 Å². The quantitative estimate of drug-likeness (QED) is 0.646. The molecule has 0 aromatic heterocycles. The average Bonchev–Trinajstić information content (AvgIpc) is 2.51. The number of phenolic OH excluding ortho intramolecular Hbond substituents is 1. The van der Waals surface area contributed by atoms with Crippen LogP contribution in [0, 0.1) is 5.41 Å². The molecule has 1 aliphatic rings. The summed E-state index contributed by atoms with van der Waals surface area (Å²) in [5.41, 5.74) is 0.413. The van der Waals surface area contributed by atoms with E-state index in [1.807, 2.05) is 26.0 Å². The molecule has 0 spiro atoms. The number of hydrogen-bond donors (Lipinski definition) is 2. The minimum atomic E-state index is -4.52. The lowest BCUT2D eigenvalue weighted by Gasteiger charge is -2.12. The Morgan fingerprint density at radius 2 is 1.81 bits per heavy atom. The summed E-state index contributed by atoms with van der Waals surface area (Å²) in [6, 6.07) is 1.27. The van der Waals surface area contributed by atoms with E-state index in [1.165, 1.54) is 13.1 Å². The molecular weight excluding hydrogens is 292 g/mol. The van der Waals surface area contributed by atoms with Crippen LogP contribution in [0.2, 0.25) is 0 Å². The number of nitrogens with zero attached hydrogens (tertiary/aromatic N) is 2. The minimum absolute atomic E-state index is 0.240. The number of allylic oxidation sites excluding steroid dienone is 2. The van der Waals surface area contributed by atoms with E-state index < -0.39 is 15.0 Å². The lowest BCUT2D eigenvalue weighted by Crippen LogP contribution is -2.00. The molecule has 0 unspecified atom stereocenters. The lowest BCUT2D eigenvalue weighted by molar-refractivity contribution is 0.466. The molecule has 1 aliphatic carbocycles. The third-order valence-corrected chi connectivity index (χ3v) is 4.03. The second kappa shape index (κ2) is 5.09. The first-order valence-corrected chi connectivity index (χ1v) is 7.65. The van der Waals surface area contributed by atoms with Crippen LogP contribution in [0.25, 0.3) is 12.2 Å². The van der Waals surface area contributed by atoms with Gasteiger partial charge in [0.2, 0.25) is 0 Å². The summed E-state index contributed by atoms with van der Waals surface area (Å²) in [6.45, 7) is 3.94. The molecular formula is C14H16N2O4S. The molecule has 0 amide bonds. The standard InChI is InChI=1S/C14H16N2O4S/c1-14(2)6-4-9-8-11(21(18,19)20)12(16-15-3)13(17)10(9)5-7-14/h4-8,17H,1-3H3,(H,18,19,20). The first-order valence-electron chi connectivity index (χ1n) is 6.21. The number of aromatic hydroxyl groups is 1. The van der Waals surface area contributed by atoms with Crippen LogP contribution in [0.15, 0.2) is 33.3 Å². The monoisotopic (exact) mass is 308 g/mol. The first kappa shape index (κ1) is 15.4. The Labute approximate surface area is 123 Å². The van der Waals surface area contributed by atoms with Crippen molar-refractivity contribution in [2.45, 2.75) is 18.7 Å². The van der Waals surface area contributed by atoms with Crippen molar-refractivity contribution in [3.63, 3.8) is 0 Å². The van der Waals surface area contributed by atoms with Crippen molar-refractivity contribution in [2.24, 2.45) is 15.6 Å². The summed E-state index contributed by atoms with van der Waals surface area (Å²) in [5, 5.41) is 17.4. The van der Waals surface area contributed by atoms with Gasteiger partial charge in [-0.05, 0) is 11.6 Å². The Kier molecular flexibility index (Phi) is 3.73. The topological polar surface area (TPSA) is 99.3 Å². The van der Waals surface area contributed by atoms with E-state index in [-0.39, 0.29) is 16.9 Å². The van der Waals surface area contributed by atoms with Crippen molar-refractivity contribution in [3.05, 3.63) is 29.3 Å². The van der Waals surface area contributed by atoms with Gasteiger partial charge in [-0.2, -0.15) is 18.6 Å². The zero-order valence-electron chi connectivity index (χ0n) is 11.9. The van der Waals surface area contributed by atoms with Gasteiger partial charge in [0.25, 0.3) is 10.1 Å². The van der Waals surface area contributed by atoms with E-state index in [4.69, 9.17) is 0 Å². The number of phenols is 1. The number of rotatable bonds is 2. The molecule has 21 heavy (non-hydrogen) atoms. The van der Waals surface area contributed by atoms with Gasteiger partial charge >= 0.3 is 0 Å². The smallest absolute Gasteiger partial charge is 0.296 e. The van der Waals surface area contributed by atoms with Crippen molar-refractivity contribution < 1.29 is 18.1 Å². The van der Waals surface area contributed by atoms with Gasteiger partial charge in [0.05, 0.1) is 0 Å². The fraction of sp³-hybridized carbons (Fsp3) is 0.286. The van der Waals surface area contributed by atoms with Crippen molar-refractivity contribution in [3.8, 4) is 5.75 Å². The Balaban J connectivity index is 2.85. The third kappa shape index (κ3) is 3.03. The zero-order chi connectivity index (χ0) is 15.8. The van der Waals surface area contributed by atoms with Gasteiger partial charge in [0.15, 0.2) is 5.75 Å². The SMILES string of the molecule is CN=Nc1c(S(=O)(=O)O)cc2c(c1O)C=CC(C)(C)C=C2. The van der Waals surface area contributed by atoms with Crippen LogP contribution in [-0.2, 0) is 10.1 Å². The van der Waals surface area contributed by atoms with Crippen LogP contribution in [-0.4, -0.2) is 25.1 Å². The van der Waals surface area contributed by atoms with E-state index in [0.29, 0.717) is 11.1 Å². The van der Waals surface area contributed by atoms with Gasteiger partial charge in [0.1, 0.15) is 10.6 Å². The number of fused-ring (bicyclic) bond motifs is 1. The van der Waals surface area contributed by atoms with Crippen molar-refractivity contribution in [1.82, 2.24) is 0 Å². The largest absolute Gasteiger partial charge is 0.505 e. The number of azo groups is 1. The van der Waals surface area contributed by atoms with Gasteiger partial charge in [0, 0.05) is 18.0 Å². The predicted molar refractivity (Wildman–Crippen MR) is 80.2 cm³/mol. The number of hydrogen-bond acceptors (Lipinski definition) is 5. The van der Waals surface area contributed by atoms with E-state index in [0.717, 1.165) is 0 Å². The molecule has 0 saturated heterocycles. The molecule has 0 atom stereocenters. The normalized spacial score (nSPS) is 17.0. The fourth-order valence-corrected chi connectivity index (χ4v) is 2.69. The van der Waals surface area contributed by atoms with Gasteiger partial charge in [-0.15, -0.1) is 0 Å². The summed E-state index contributed by atoms with van der Waals surface area (Å²) >= 11 is 0. The second-order valence-corrected chi connectivity index (χ2v) is 6.73. The highest BCUT2D eigenvalue weighted by atomic mass is 32.2. The summed E-state index contributed by atoms with van der Waals surface area (Å²) in [7, 11) is -3.18. The van der Waals surface area contributed by atoms with Crippen molar-refractivity contribution in [1.29, 1.82) is 0 Å². The highest BCUT2D eigenvalue weighted by molar-refractivity contribution is 7.86. The zero-order valence-corrected chi connectivity index (χ0v) is 12.7. The Morgan fingerprint density at radius 1 is 1.19 bits per heavy atom. The van der Waals surface area contributed by atoms with Gasteiger partial charge in [-0.25, -0.2) is 0 Å². The molecule has 112 valence electrons. The maximum Gasteiger partial charge on any atom is 0.296 e. The minimum Gasteiger partial charge on any atom is -0.505 e. The molecule has 2 N–H and O–H groups in total. The molecule has 6 nitrogen and oxygen atoms in total. The Morgan fingerprint density at radius 3 is 2.38 bits per heavy atom. The van der Waals surface area contributed by atoms with Gasteiger partial charge in [-0.3, -0.25) is 4.55 Å². The van der Waals surface area contributed by atoms with Crippen LogP contribution in [0.5, 0.6) is 5.75 Å². The lowest BCUT2D eigenvalue weighted by atomic mass is 9.93. The first-order chi connectivity index (χ1) is 9.65. The summed E-state index contributed by atoms with van der Waals surface area (Å²) in [6.07, 6.45) is 7.17. The molecule has 0 fully saturated rings. The molecule has 0 saturated carbocycles. The fourth-order valence-electron chi connectivity index (χ4n) is 2.03. The molecule has 0 aliphatic heterocycles. The predicted octanol–water partition coefficient (Wildman–Crippen LogP) is 3.42. The molecule has 7 heteroatoms. The van der Waals surface area contributed by atoms with Crippen LogP contribution < -0.4 is 0 Å². The van der Waals surface area contributed by atoms with E-state index in [9.17, 15) is 18.1 Å². The summed E-state index contributed by atoms with van der Waals surface area (Å²) < 4.78 is 32.3. The van der Waals surface area contributed by atoms with Crippen LogP contribution in [0.4, 0.5) is 5.69 Å². The highest BCUT2D eigenvalue weighted by Crippen LogP contribution is 2.42. The second-order valence-electron chi connectivity index (χ2n) is 5.34. The van der Waals surface area contributed by atoms with Crippen molar-refractivity contribution in [2.75, 3.05) is 7.05 Å². The van der Waals surface area contributed by atoms with E-state index >= 15 is 0 Å². The average molecular weight is 308 g/mol. The highest BCUT2D eigenvalue weighted by Gasteiger charge is 2.24. The number of benzene rings is 1. The molecule has 0 heterocycles. The van der Waals surface area contributed by atoms with Crippen LogP contribution >= 0.6 is 0 Å². The third-order valence-electron chi connectivity index (χ3n) is 3.16. The molecule has 0 bridgehead atoms. The maximum atomic E-state index is 11.5. The van der Waals surface area contributed by atoms with Gasteiger partial charge in [-0.1, -0.05) is 38.2 Å². The van der Waals surface area contributed by atoms with Crippen LogP contribution in [0.1, 0.15) is 25.0 Å². The molecule has 1 aromatic carbocycles. The summed E-state index contributed by atoms with van der Waals surface area (Å²) in [5.74, 6) is -0.329. The maximum absolute atomic E-state index is 11.5. The van der Waals surface area contributed by atoms with Gasteiger partial charge < -0.3 is 5.11 Å². The Bertz CT molecular complexity index is 775.